The number of carbonyl (C=O) groups excluding carboxylic acids is 1. The zero-order chi connectivity index (χ0) is 12.9. The van der Waals surface area contributed by atoms with Gasteiger partial charge in [0.25, 0.3) is 0 Å². The van der Waals surface area contributed by atoms with E-state index in [2.05, 4.69) is 29.3 Å². The number of hydrogen-bond donors (Lipinski definition) is 0. The zero-order valence-corrected chi connectivity index (χ0v) is 10.4. The van der Waals surface area contributed by atoms with Crippen LogP contribution in [-0.4, -0.2) is 12.1 Å². The number of hydrogen-bond acceptors (Lipinski definition) is 1. The van der Waals surface area contributed by atoms with Gasteiger partial charge in [-0.1, -0.05) is 60.7 Å². The summed E-state index contributed by atoms with van der Waals surface area (Å²) < 4.78 is 0. The lowest BCUT2D eigenvalue weighted by Crippen LogP contribution is -2.11. The van der Waals surface area contributed by atoms with E-state index in [1.165, 1.54) is 11.1 Å². The summed E-state index contributed by atoms with van der Waals surface area (Å²) in [6.45, 7) is 0. The first-order valence-corrected chi connectivity index (χ1v) is 6.53. The van der Waals surface area contributed by atoms with Crippen molar-refractivity contribution < 1.29 is 4.79 Å². The number of fused-ring (bicyclic) bond motifs is 1. The van der Waals surface area contributed by atoms with Crippen molar-refractivity contribution in [3.8, 4) is 0 Å². The molecule has 2 aliphatic rings. The molecule has 19 heavy (non-hydrogen) atoms. The van der Waals surface area contributed by atoms with Crippen molar-refractivity contribution >= 4 is 12.1 Å². The van der Waals surface area contributed by atoms with Crippen LogP contribution in [0.4, 0.5) is 0 Å². The average molecular weight is 247 g/mol. The van der Waals surface area contributed by atoms with Crippen molar-refractivity contribution in [2.24, 2.45) is 10.9 Å². The molecule has 1 saturated carbocycles. The van der Waals surface area contributed by atoms with Crippen LogP contribution in [0.1, 0.15) is 17.0 Å². The molecule has 0 spiro atoms. The molecule has 1 fully saturated rings. The Bertz CT molecular complexity index is 662. The molecule has 4 rings (SSSR count). The number of rotatable bonds is 2. The normalized spacial score (nSPS) is 31.3. The number of amides is 1. The van der Waals surface area contributed by atoms with E-state index in [-0.39, 0.29) is 23.2 Å². The molecule has 3 atom stereocenters. The lowest BCUT2D eigenvalue weighted by Gasteiger charge is -2.11. The fraction of sp³-hybridized carbons (Fsp3) is 0.176. The second-order valence-electron chi connectivity index (χ2n) is 5.26. The third kappa shape index (κ3) is 1.31. The quantitative estimate of drug-likeness (QED) is 0.802. The van der Waals surface area contributed by atoms with Crippen LogP contribution in [0, 0.1) is 5.92 Å². The number of nitrogens with zero attached hydrogens (tertiary/aromatic N) is 1. The summed E-state index contributed by atoms with van der Waals surface area (Å²) in [5.41, 5.74) is 2.24. The maximum absolute atomic E-state index is 12.0. The van der Waals surface area contributed by atoms with Gasteiger partial charge in [-0.2, -0.15) is 0 Å². The minimum atomic E-state index is -0.195. The summed E-state index contributed by atoms with van der Waals surface area (Å²) in [5.74, 6) is 0.274. The van der Waals surface area contributed by atoms with Crippen molar-refractivity contribution in [2.75, 3.05) is 0 Å². The molecule has 2 nitrogen and oxygen atoms in total. The van der Waals surface area contributed by atoms with E-state index in [4.69, 9.17) is 0 Å². The van der Waals surface area contributed by atoms with E-state index < -0.39 is 0 Å². The van der Waals surface area contributed by atoms with Crippen molar-refractivity contribution in [3.05, 3.63) is 71.8 Å². The van der Waals surface area contributed by atoms with Crippen LogP contribution < -0.4 is 0 Å². The van der Waals surface area contributed by atoms with E-state index in [0.717, 1.165) is 0 Å². The van der Waals surface area contributed by atoms with E-state index in [9.17, 15) is 4.79 Å². The Balaban J connectivity index is 1.84. The Morgan fingerprint density at radius 2 is 1.47 bits per heavy atom. The van der Waals surface area contributed by atoms with Gasteiger partial charge in [0.15, 0.2) is 0 Å². The molecule has 92 valence electrons. The van der Waals surface area contributed by atoms with Gasteiger partial charge in [-0.15, -0.1) is 0 Å². The first-order valence-electron chi connectivity index (χ1n) is 6.53. The lowest BCUT2D eigenvalue weighted by molar-refractivity contribution is -0.118. The number of benzene rings is 2. The number of aliphatic imine (C=N–C) groups is 1. The summed E-state index contributed by atoms with van der Waals surface area (Å²) in [6.07, 6.45) is 1.87. The van der Waals surface area contributed by atoms with Crippen LogP contribution in [0.5, 0.6) is 0 Å². The van der Waals surface area contributed by atoms with E-state index in [1.807, 2.05) is 42.6 Å². The van der Waals surface area contributed by atoms with Crippen LogP contribution in [0.25, 0.3) is 0 Å². The molecule has 0 radical (unpaired) electrons. The second kappa shape index (κ2) is 3.64. The van der Waals surface area contributed by atoms with Crippen LogP contribution in [-0.2, 0) is 10.2 Å². The van der Waals surface area contributed by atoms with Gasteiger partial charge < -0.3 is 0 Å². The van der Waals surface area contributed by atoms with E-state index in [0.29, 0.717) is 0 Å². The van der Waals surface area contributed by atoms with Crippen LogP contribution in [0.15, 0.2) is 65.7 Å². The highest BCUT2D eigenvalue weighted by Crippen LogP contribution is 2.67. The van der Waals surface area contributed by atoms with Gasteiger partial charge in [-0.3, -0.25) is 4.79 Å². The standard InChI is InChI=1S/C17H13NO/c19-16-15-14(12-7-3-1-4-8-12)17(15,11-18-16)13-9-5-2-6-10-13/h1-11,14-15H/t14-,15?,17?/m1/s1. The fourth-order valence-corrected chi connectivity index (χ4v) is 3.45. The van der Waals surface area contributed by atoms with Crippen molar-refractivity contribution in [3.63, 3.8) is 0 Å². The molecule has 2 aromatic carbocycles. The van der Waals surface area contributed by atoms with Gasteiger partial charge in [0.2, 0.25) is 5.91 Å². The highest BCUT2D eigenvalue weighted by molar-refractivity contribution is 6.07. The van der Waals surface area contributed by atoms with E-state index in [1.54, 1.807) is 0 Å². The molecule has 1 aliphatic carbocycles. The van der Waals surface area contributed by atoms with Crippen molar-refractivity contribution in [1.82, 2.24) is 0 Å². The van der Waals surface area contributed by atoms with Gasteiger partial charge in [0.1, 0.15) is 0 Å². The zero-order valence-electron chi connectivity index (χ0n) is 10.4. The molecule has 0 bridgehead atoms. The smallest absolute Gasteiger partial charge is 0.250 e. The van der Waals surface area contributed by atoms with Crippen LogP contribution in [0.3, 0.4) is 0 Å². The third-order valence-corrected chi connectivity index (χ3v) is 4.36. The summed E-state index contributed by atoms with van der Waals surface area (Å²) in [5, 5.41) is 0. The SMILES string of the molecule is O=C1N=CC2(c3ccccc3)C1[C@H]2c1ccccc1. The first kappa shape index (κ1) is 10.7. The average Bonchev–Trinajstić information content (AvgIpc) is 3.06. The molecule has 0 N–H and O–H groups in total. The molecular weight excluding hydrogens is 234 g/mol. The summed E-state index contributed by atoms with van der Waals surface area (Å²) >= 11 is 0. The predicted molar refractivity (Wildman–Crippen MR) is 74.3 cm³/mol. The summed E-state index contributed by atoms with van der Waals surface area (Å²) in [4.78, 5) is 16.0. The highest BCUT2D eigenvalue weighted by Gasteiger charge is 2.71. The molecule has 1 aliphatic heterocycles. The first-order chi connectivity index (χ1) is 9.34. The molecule has 0 aromatic heterocycles. The minimum absolute atomic E-state index is 0.00250. The molecule has 2 aromatic rings. The Labute approximate surface area is 111 Å². The predicted octanol–water partition coefficient (Wildman–Crippen LogP) is 2.95. The molecule has 1 heterocycles. The second-order valence-corrected chi connectivity index (χ2v) is 5.26. The molecular formula is C17H13NO. The Kier molecular flexibility index (Phi) is 2.05. The largest absolute Gasteiger partial charge is 0.272 e. The summed E-state index contributed by atoms with van der Waals surface area (Å²) in [7, 11) is 0. The maximum Gasteiger partial charge on any atom is 0.250 e. The lowest BCUT2D eigenvalue weighted by atomic mass is 9.92. The molecule has 0 saturated heterocycles. The third-order valence-electron chi connectivity index (χ3n) is 4.36. The van der Waals surface area contributed by atoms with Crippen molar-refractivity contribution in [1.29, 1.82) is 0 Å². The molecule has 2 heteroatoms. The minimum Gasteiger partial charge on any atom is -0.272 e. The Morgan fingerprint density at radius 3 is 2.16 bits per heavy atom. The fourth-order valence-electron chi connectivity index (χ4n) is 3.45. The Morgan fingerprint density at radius 1 is 0.842 bits per heavy atom. The van der Waals surface area contributed by atoms with Crippen LogP contribution in [0.2, 0.25) is 0 Å². The van der Waals surface area contributed by atoms with Gasteiger partial charge in [-0.05, 0) is 11.1 Å². The van der Waals surface area contributed by atoms with Gasteiger partial charge in [-0.25, -0.2) is 4.99 Å². The van der Waals surface area contributed by atoms with Gasteiger partial charge in [0.05, 0.1) is 11.3 Å². The number of carbonyl (C=O) groups is 1. The topological polar surface area (TPSA) is 29.4 Å². The molecule has 1 amide bonds. The molecule has 2 unspecified atom stereocenters. The summed E-state index contributed by atoms with van der Waals surface area (Å²) in [6, 6.07) is 20.5. The van der Waals surface area contributed by atoms with E-state index >= 15 is 0 Å². The van der Waals surface area contributed by atoms with Crippen molar-refractivity contribution in [2.45, 2.75) is 11.3 Å². The van der Waals surface area contributed by atoms with Crippen LogP contribution >= 0.6 is 0 Å². The highest BCUT2D eigenvalue weighted by atomic mass is 16.1. The van der Waals surface area contributed by atoms with Gasteiger partial charge in [0, 0.05) is 12.1 Å². The Hall–Kier alpha value is -2.22. The maximum atomic E-state index is 12.0. The monoisotopic (exact) mass is 247 g/mol. The van der Waals surface area contributed by atoms with Gasteiger partial charge >= 0.3 is 0 Å².